The fourth-order valence-corrected chi connectivity index (χ4v) is 4.19. The number of carbonyl (C=O) groups excluding carboxylic acids is 1. The van der Waals surface area contributed by atoms with Gasteiger partial charge in [-0.25, -0.2) is 4.79 Å². The first kappa shape index (κ1) is 24.4. The molecule has 1 aliphatic rings. The summed E-state index contributed by atoms with van der Waals surface area (Å²) >= 11 is 0. The molecule has 1 fully saturated rings. The molecule has 0 aliphatic carbocycles. The number of likely N-dealkylation sites (tertiary alicyclic amines) is 1. The van der Waals surface area contributed by atoms with Gasteiger partial charge in [0.2, 0.25) is 5.91 Å². The summed E-state index contributed by atoms with van der Waals surface area (Å²) in [7, 11) is 1.62. The quantitative estimate of drug-likeness (QED) is 0.450. The van der Waals surface area contributed by atoms with Gasteiger partial charge in [0.15, 0.2) is 11.5 Å². The van der Waals surface area contributed by atoms with E-state index in [2.05, 4.69) is 0 Å². The van der Waals surface area contributed by atoms with Crippen molar-refractivity contribution in [1.29, 1.82) is 0 Å². The van der Waals surface area contributed by atoms with Crippen molar-refractivity contribution in [3.8, 4) is 17.2 Å². The Hall–Kier alpha value is -3.74. The molecule has 1 amide bonds. The zero-order valence-electron chi connectivity index (χ0n) is 20.2. The number of rotatable bonds is 9. The van der Waals surface area contributed by atoms with Crippen LogP contribution in [0.5, 0.6) is 17.2 Å². The third-order valence-corrected chi connectivity index (χ3v) is 6.06. The van der Waals surface area contributed by atoms with Gasteiger partial charge >= 0.3 is 5.63 Å². The highest BCUT2D eigenvalue weighted by Gasteiger charge is 2.24. The molecule has 1 saturated heterocycles. The van der Waals surface area contributed by atoms with Crippen molar-refractivity contribution >= 4 is 5.91 Å². The van der Waals surface area contributed by atoms with Gasteiger partial charge < -0.3 is 23.5 Å². The van der Waals surface area contributed by atoms with E-state index in [1.807, 2.05) is 53.4 Å². The van der Waals surface area contributed by atoms with E-state index >= 15 is 0 Å². The molecule has 7 heteroatoms. The second-order valence-electron chi connectivity index (χ2n) is 8.68. The Bertz CT molecular complexity index is 1180. The standard InChI is InChI=1S/C28H31NO6/c1-20-16-24(18-28(31)34-20)35-23-12-14-29(15-13-23)27(30)11-9-21-8-10-25(32-2)26(17-21)33-19-22-6-4-3-5-7-22/h3-8,10,16-18,23H,9,11-15,19H2,1-2H3. The fraction of sp³-hybridized carbons (Fsp3) is 0.357. The van der Waals surface area contributed by atoms with Gasteiger partial charge in [0.25, 0.3) is 0 Å². The monoisotopic (exact) mass is 477 g/mol. The molecule has 7 nitrogen and oxygen atoms in total. The van der Waals surface area contributed by atoms with Crippen molar-refractivity contribution in [1.82, 2.24) is 4.90 Å². The average Bonchev–Trinajstić information content (AvgIpc) is 2.86. The number of piperidine rings is 1. The van der Waals surface area contributed by atoms with E-state index in [4.69, 9.17) is 18.6 Å². The molecule has 0 bridgehead atoms. The number of amides is 1. The second kappa shape index (κ2) is 11.6. The minimum Gasteiger partial charge on any atom is -0.493 e. The molecule has 184 valence electrons. The number of benzene rings is 2. The lowest BCUT2D eigenvalue weighted by Crippen LogP contribution is -2.41. The Kier molecular flexibility index (Phi) is 8.08. The molecule has 0 spiro atoms. The molecule has 3 aromatic rings. The van der Waals surface area contributed by atoms with E-state index in [9.17, 15) is 9.59 Å². The molecule has 0 unspecified atom stereocenters. The van der Waals surface area contributed by atoms with E-state index in [1.54, 1.807) is 20.1 Å². The first-order chi connectivity index (χ1) is 17.0. The molecule has 0 radical (unpaired) electrons. The van der Waals surface area contributed by atoms with E-state index in [0.717, 1.165) is 24.0 Å². The number of hydrogen-bond acceptors (Lipinski definition) is 6. The van der Waals surface area contributed by atoms with Crippen LogP contribution in [0.4, 0.5) is 0 Å². The lowest BCUT2D eigenvalue weighted by atomic mass is 10.1. The van der Waals surface area contributed by atoms with Gasteiger partial charge in [0.05, 0.1) is 13.2 Å². The van der Waals surface area contributed by atoms with Gasteiger partial charge in [-0.3, -0.25) is 4.79 Å². The van der Waals surface area contributed by atoms with E-state index in [1.165, 1.54) is 6.07 Å². The third kappa shape index (κ3) is 6.88. The molecular weight excluding hydrogens is 446 g/mol. The highest BCUT2D eigenvalue weighted by atomic mass is 16.5. The summed E-state index contributed by atoms with van der Waals surface area (Å²) in [6.45, 7) is 3.44. The summed E-state index contributed by atoms with van der Waals surface area (Å²) in [5.74, 6) is 2.51. The van der Waals surface area contributed by atoms with E-state index in [-0.39, 0.29) is 12.0 Å². The number of aryl methyl sites for hydroxylation is 2. The van der Waals surface area contributed by atoms with Crippen LogP contribution in [0.15, 0.2) is 69.9 Å². The van der Waals surface area contributed by atoms with Crippen LogP contribution in [0.25, 0.3) is 0 Å². The Morgan fingerprint density at radius 3 is 2.49 bits per heavy atom. The summed E-state index contributed by atoms with van der Waals surface area (Å²) in [6, 6.07) is 18.8. The highest BCUT2D eigenvalue weighted by Crippen LogP contribution is 2.29. The van der Waals surface area contributed by atoms with Crippen LogP contribution < -0.4 is 19.8 Å². The van der Waals surface area contributed by atoms with Crippen LogP contribution in [-0.2, 0) is 17.8 Å². The van der Waals surface area contributed by atoms with Crippen LogP contribution in [0.3, 0.4) is 0 Å². The summed E-state index contributed by atoms with van der Waals surface area (Å²) < 4.78 is 22.3. The van der Waals surface area contributed by atoms with E-state index < -0.39 is 5.63 Å². The first-order valence-electron chi connectivity index (χ1n) is 11.9. The Labute approximate surface area is 205 Å². The lowest BCUT2D eigenvalue weighted by molar-refractivity contribution is -0.132. The molecule has 4 rings (SSSR count). The SMILES string of the molecule is COc1ccc(CCC(=O)N2CCC(Oc3cc(C)oc(=O)c3)CC2)cc1OCc1ccccc1. The van der Waals surface area contributed by atoms with Crippen LogP contribution in [0.1, 0.15) is 36.1 Å². The molecule has 2 aromatic carbocycles. The molecule has 0 saturated carbocycles. The summed E-state index contributed by atoms with van der Waals surface area (Å²) in [5, 5.41) is 0. The van der Waals surface area contributed by atoms with Crippen molar-refractivity contribution < 1.29 is 23.4 Å². The second-order valence-corrected chi connectivity index (χ2v) is 8.68. The first-order valence-corrected chi connectivity index (χ1v) is 11.9. The molecule has 35 heavy (non-hydrogen) atoms. The molecule has 0 atom stereocenters. The van der Waals surface area contributed by atoms with Crippen LogP contribution in [0, 0.1) is 6.92 Å². The Morgan fingerprint density at radius 1 is 1.00 bits per heavy atom. The fourth-order valence-electron chi connectivity index (χ4n) is 4.19. The summed E-state index contributed by atoms with van der Waals surface area (Å²) in [6.07, 6.45) is 2.48. The summed E-state index contributed by atoms with van der Waals surface area (Å²) in [4.78, 5) is 26.2. The van der Waals surface area contributed by atoms with Gasteiger partial charge in [-0.05, 0) is 36.6 Å². The topological polar surface area (TPSA) is 78.2 Å². The third-order valence-electron chi connectivity index (χ3n) is 6.06. The number of nitrogens with zero attached hydrogens (tertiary/aromatic N) is 1. The molecular formula is C28H31NO6. The molecule has 0 N–H and O–H groups in total. The van der Waals surface area contributed by atoms with Crippen molar-refractivity contribution in [2.45, 2.75) is 45.3 Å². The summed E-state index contributed by atoms with van der Waals surface area (Å²) in [5.41, 5.74) is 1.69. The van der Waals surface area contributed by atoms with Crippen molar-refractivity contribution in [2.24, 2.45) is 0 Å². The van der Waals surface area contributed by atoms with Crippen LogP contribution in [0.2, 0.25) is 0 Å². The zero-order valence-corrected chi connectivity index (χ0v) is 20.2. The number of carbonyl (C=O) groups is 1. The van der Waals surface area contributed by atoms with Crippen molar-refractivity contribution in [2.75, 3.05) is 20.2 Å². The normalized spacial score (nSPS) is 13.9. The minimum absolute atomic E-state index is 0.0221. The maximum absolute atomic E-state index is 12.8. The van der Waals surface area contributed by atoms with Gasteiger partial charge in [-0.2, -0.15) is 0 Å². The number of methoxy groups -OCH3 is 1. The number of hydrogen-bond donors (Lipinski definition) is 0. The van der Waals surface area contributed by atoms with Crippen molar-refractivity contribution in [3.63, 3.8) is 0 Å². The predicted molar refractivity (Wildman–Crippen MR) is 132 cm³/mol. The molecule has 1 aromatic heterocycles. The Morgan fingerprint density at radius 2 is 1.77 bits per heavy atom. The molecule has 2 heterocycles. The smallest absolute Gasteiger partial charge is 0.339 e. The van der Waals surface area contributed by atoms with E-state index in [0.29, 0.717) is 55.5 Å². The van der Waals surface area contributed by atoms with Crippen LogP contribution >= 0.6 is 0 Å². The largest absolute Gasteiger partial charge is 0.493 e. The van der Waals surface area contributed by atoms with Gasteiger partial charge in [0, 0.05) is 38.4 Å². The maximum atomic E-state index is 12.8. The van der Waals surface area contributed by atoms with Crippen molar-refractivity contribution in [3.05, 3.63) is 88.0 Å². The number of ether oxygens (including phenoxy) is 3. The lowest BCUT2D eigenvalue weighted by Gasteiger charge is -2.32. The molecule has 1 aliphatic heterocycles. The van der Waals surface area contributed by atoms with Gasteiger partial charge in [-0.15, -0.1) is 0 Å². The zero-order chi connectivity index (χ0) is 24.6. The minimum atomic E-state index is -0.417. The highest BCUT2D eigenvalue weighted by molar-refractivity contribution is 5.76. The predicted octanol–water partition coefficient (Wildman–Crippen LogP) is 4.54. The van der Waals surface area contributed by atoms with Gasteiger partial charge in [-0.1, -0.05) is 36.4 Å². The average molecular weight is 478 g/mol. The van der Waals surface area contributed by atoms with Gasteiger partial charge in [0.1, 0.15) is 24.2 Å². The maximum Gasteiger partial charge on any atom is 0.339 e. The van der Waals surface area contributed by atoms with Crippen LogP contribution in [-0.4, -0.2) is 37.1 Å². The Balaban J connectivity index is 1.27.